The Hall–Kier alpha value is -1.39. The normalized spacial score (nSPS) is 26.0. The van der Waals surface area contributed by atoms with Crippen molar-refractivity contribution in [2.45, 2.75) is 38.8 Å². The summed E-state index contributed by atoms with van der Waals surface area (Å²) in [6, 6.07) is 8.34. The maximum atomic E-state index is 12.5. The van der Waals surface area contributed by atoms with E-state index in [9.17, 15) is 4.79 Å². The van der Waals surface area contributed by atoms with Crippen LogP contribution in [0.5, 0.6) is 0 Å². The van der Waals surface area contributed by atoms with Crippen LogP contribution in [0.15, 0.2) is 24.3 Å². The highest BCUT2D eigenvalue weighted by molar-refractivity contribution is 5.94. The van der Waals surface area contributed by atoms with E-state index in [0.29, 0.717) is 5.92 Å². The number of amides is 1. The molecule has 2 saturated heterocycles. The average Bonchev–Trinajstić information content (AvgIpc) is 3.03. The molecular weight excluding hydrogens is 274 g/mol. The fraction of sp³-hybridized carbons (Fsp3) is 0.611. The average molecular weight is 301 g/mol. The van der Waals surface area contributed by atoms with Gasteiger partial charge in [0.15, 0.2) is 0 Å². The minimum Gasteiger partial charge on any atom is -0.348 e. The summed E-state index contributed by atoms with van der Waals surface area (Å²) >= 11 is 0. The molecule has 2 aliphatic heterocycles. The zero-order valence-electron chi connectivity index (χ0n) is 13.5. The maximum absolute atomic E-state index is 12.5. The van der Waals surface area contributed by atoms with Crippen LogP contribution in [-0.4, -0.2) is 43.0 Å². The zero-order valence-corrected chi connectivity index (χ0v) is 13.5. The number of rotatable bonds is 4. The monoisotopic (exact) mass is 301 g/mol. The Labute approximate surface area is 133 Å². The highest BCUT2D eigenvalue weighted by Gasteiger charge is 2.23. The Balaban J connectivity index is 1.61. The molecule has 4 nitrogen and oxygen atoms in total. The largest absolute Gasteiger partial charge is 0.348 e. The molecule has 22 heavy (non-hydrogen) atoms. The number of carbonyl (C=O) groups excluding carboxylic acids is 1. The lowest BCUT2D eigenvalue weighted by atomic mass is 9.94. The molecule has 2 unspecified atom stereocenters. The van der Waals surface area contributed by atoms with Gasteiger partial charge in [0.2, 0.25) is 0 Å². The lowest BCUT2D eigenvalue weighted by Crippen LogP contribution is -2.50. The summed E-state index contributed by atoms with van der Waals surface area (Å²) in [6.45, 7) is 7.47. The number of hydrogen-bond donors (Lipinski definition) is 2. The minimum absolute atomic E-state index is 0.0591. The van der Waals surface area contributed by atoms with Crippen LogP contribution in [0.3, 0.4) is 0 Å². The third kappa shape index (κ3) is 3.87. The van der Waals surface area contributed by atoms with Gasteiger partial charge in [0.25, 0.3) is 5.91 Å². The molecule has 2 aliphatic rings. The van der Waals surface area contributed by atoms with Crippen LogP contribution in [0, 0.1) is 5.92 Å². The van der Waals surface area contributed by atoms with E-state index < -0.39 is 0 Å². The lowest BCUT2D eigenvalue weighted by molar-refractivity contribution is 0.0915. The molecule has 0 aromatic heterocycles. The molecule has 1 amide bonds. The molecule has 4 heteroatoms. The van der Waals surface area contributed by atoms with Crippen molar-refractivity contribution < 1.29 is 4.79 Å². The molecule has 0 spiro atoms. The van der Waals surface area contributed by atoms with Gasteiger partial charge in [-0.1, -0.05) is 19.1 Å². The minimum atomic E-state index is 0.0591. The van der Waals surface area contributed by atoms with E-state index in [0.717, 1.165) is 31.6 Å². The van der Waals surface area contributed by atoms with Crippen molar-refractivity contribution in [2.24, 2.45) is 5.92 Å². The number of piperidine rings is 1. The topological polar surface area (TPSA) is 44.4 Å². The van der Waals surface area contributed by atoms with Gasteiger partial charge in [-0.15, -0.1) is 0 Å². The number of nitrogens with zero attached hydrogens (tertiary/aromatic N) is 1. The number of nitrogens with one attached hydrogen (secondary N) is 2. The molecule has 2 N–H and O–H groups in total. The van der Waals surface area contributed by atoms with Gasteiger partial charge in [-0.3, -0.25) is 9.69 Å². The van der Waals surface area contributed by atoms with Crippen LogP contribution in [0.4, 0.5) is 0 Å². The van der Waals surface area contributed by atoms with Gasteiger partial charge in [0, 0.05) is 24.7 Å². The second-order valence-corrected chi connectivity index (χ2v) is 6.73. The van der Waals surface area contributed by atoms with Crippen LogP contribution in [-0.2, 0) is 6.54 Å². The Bertz CT molecular complexity index is 511. The molecule has 0 aliphatic carbocycles. The Morgan fingerprint density at radius 2 is 2.18 bits per heavy atom. The Kier molecular flexibility index (Phi) is 5.11. The smallest absolute Gasteiger partial charge is 0.251 e. The molecule has 1 aromatic rings. The molecule has 0 saturated carbocycles. The van der Waals surface area contributed by atoms with Crippen LogP contribution in [0.1, 0.15) is 42.1 Å². The third-order valence-electron chi connectivity index (χ3n) is 4.94. The molecule has 0 bridgehead atoms. The summed E-state index contributed by atoms with van der Waals surface area (Å²) in [5.41, 5.74) is 2.03. The standard InChI is InChI=1S/C18H27N3O/c1-14-7-8-19-12-17(14)20-18(22)16-6-4-5-15(11-16)13-21-9-2-3-10-21/h4-6,11,14,17,19H,2-3,7-10,12-13H2,1H3,(H,20,22). The maximum Gasteiger partial charge on any atom is 0.251 e. The van der Waals surface area contributed by atoms with Crippen LogP contribution in [0.25, 0.3) is 0 Å². The first-order valence-corrected chi connectivity index (χ1v) is 8.55. The molecule has 2 atom stereocenters. The summed E-state index contributed by atoms with van der Waals surface area (Å²) in [4.78, 5) is 15.0. The molecule has 1 aromatic carbocycles. The van der Waals surface area contributed by atoms with Gasteiger partial charge in [0.1, 0.15) is 0 Å². The van der Waals surface area contributed by atoms with Gasteiger partial charge in [-0.2, -0.15) is 0 Å². The predicted molar refractivity (Wildman–Crippen MR) is 88.9 cm³/mol. The van der Waals surface area contributed by atoms with Gasteiger partial charge in [-0.25, -0.2) is 0 Å². The second-order valence-electron chi connectivity index (χ2n) is 6.73. The molecular formula is C18H27N3O. The lowest BCUT2D eigenvalue weighted by Gasteiger charge is -2.30. The van der Waals surface area contributed by atoms with Crippen LogP contribution >= 0.6 is 0 Å². The highest BCUT2D eigenvalue weighted by atomic mass is 16.1. The summed E-state index contributed by atoms with van der Waals surface area (Å²) in [5.74, 6) is 0.599. The molecule has 2 heterocycles. The summed E-state index contributed by atoms with van der Waals surface area (Å²) in [6.07, 6.45) is 3.72. The molecule has 3 rings (SSSR count). The van der Waals surface area contributed by atoms with E-state index in [1.54, 1.807) is 0 Å². The van der Waals surface area contributed by atoms with Crippen LogP contribution < -0.4 is 10.6 Å². The first-order valence-electron chi connectivity index (χ1n) is 8.55. The molecule has 2 fully saturated rings. The summed E-state index contributed by atoms with van der Waals surface area (Å²) in [5, 5.41) is 6.55. The fourth-order valence-corrected chi connectivity index (χ4v) is 3.44. The van der Waals surface area contributed by atoms with E-state index >= 15 is 0 Å². The second kappa shape index (κ2) is 7.25. The molecule has 120 valence electrons. The predicted octanol–water partition coefficient (Wildman–Crippen LogP) is 2.01. The first-order chi connectivity index (χ1) is 10.7. The fourth-order valence-electron chi connectivity index (χ4n) is 3.44. The van der Waals surface area contributed by atoms with Crippen molar-refractivity contribution in [1.82, 2.24) is 15.5 Å². The Morgan fingerprint density at radius 1 is 1.36 bits per heavy atom. The van der Waals surface area contributed by atoms with Crippen molar-refractivity contribution in [3.63, 3.8) is 0 Å². The van der Waals surface area contributed by atoms with E-state index in [4.69, 9.17) is 0 Å². The first kappa shape index (κ1) is 15.5. The van der Waals surface area contributed by atoms with Gasteiger partial charge in [-0.05, 0) is 62.5 Å². The van der Waals surface area contributed by atoms with E-state index in [1.165, 1.54) is 31.5 Å². The summed E-state index contributed by atoms with van der Waals surface area (Å²) in [7, 11) is 0. The van der Waals surface area contributed by atoms with Gasteiger partial charge >= 0.3 is 0 Å². The van der Waals surface area contributed by atoms with E-state index in [-0.39, 0.29) is 11.9 Å². The van der Waals surface area contributed by atoms with Gasteiger partial charge in [0.05, 0.1) is 0 Å². The number of likely N-dealkylation sites (tertiary alicyclic amines) is 1. The van der Waals surface area contributed by atoms with E-state index in [1.807, 2.05) is 12.1 Å². The third-order valence-corrected chi connectivity index (χ3v) is 4.94. The zero-order chi connectivity index (χ0) is 15.4. The quantitative estimate of drug-likeness (QED) is 0.894. The SMILES string of the molecule is CC1CCNCC1NC(=O)c1cccc(CN2CCCC2)c1. The van der Waals surface area contributed by atoms with Crippen LogP contribution in [0.2, 0.25) is 0 Å². The summed E-state index contributed by atoms with van der Waals surface area (Å²) < 4.78 is 0. The van der Waals surface area contributed by atoms with Crippen molar-refractivity contribution in [3.8, 4) is 0 Å². The van der Waals surface area contributed by atoms with Crippen molar-refractivity contribution in [2.75, 3.05) is 26.2 Å². The Morgan fingerprint density at radius 3 is 2.95 bits per heavy atom. The molecule has 0 radical (unpaired) electrons. The number of carbonyl (C=O) groups is 1. The van der Waals surface area contributed by atoms with Crippen molar-refractivity contribution in [1.29, 1.82) is 0 Å². The number of hydrogen-bond acceptors (Lipinski definition) is 3. The van der Waals surface area contributed by atoms with Crippen molar-refractivity contribution in [3.05, 3.63) is 35.4 Å². The number of benzene rings is 1. The highest BCUT2D eigenvalue weighted by Crippen LogP contribution is 2.15. The van der Waals surface area contributed by atoms with E-state index in [2.05, 4.69) is 34.6 Å². The van der Waals surface area contributed by atoms with Crippen molar-refractivity contribution >= 4 is 5.91 Å². The van der Waals surface area contributed by atoms with Gasteiger partial charge < -0.3 is 10.6 Å².